The van der Waals surface area contributed by atoms with Crippen LogP contribution in [0.5, 0.6) is 5.75 Å². The molecule has 2 aromatic heterocycles. The summed E-state index contributed by atoms with van der Waals surface area (Å²) in [6, 6.07) is 5.12. The molecule has 5 rings (SSSR count). The molecular formula is C24H30F2N8O3S2. The van der Waals surface area contributed by atoms with Crippen LogP contribution < -0.4 is 14.5 Å². The molecule has 2 fully saturated rings. The molecule has 210 valence electrons. The van der Waals surface area contributed by atoms with Crippen LogP contribution in [-0.2, 0) is 9.47 Å². The summed E-state index contributed by atoms with van der Waals surface area (Å²) in [5.74, 6) is 1.65. The van der Waals surface area contributed by atoms with E-state index in [-0.39, 0.29) is 5.95 Å². The zero-order valence-corrected chi connectivity index (χ0v) is 23.4. The number of methoxy groups -OCH3 is 2. The van der Waals surface area contributed by atoms with Crippen LogP contribution in [-0.4, -0.2) is 113 Å². The SMILES string of the molecule is COCCSC(=S)N1CCN(c2nc(N3CCOCC3)nc(-n3c(C(F)F)nc4c(OC)cccc43)n2)CC1. The summed E-state index contributed by atoms with van der Waals surface area (Å²) in [6.45, 7) is 5.50. The van der Waals surface area contributed by atoms with Gasteiger partial charge in [0.15, 0.2) is 5.82 Å². The second kappa shape index (κ2) is 12.5. The Hall–Kier alpha value is -2.88. The molecule has 0 aliphatic carbocycles. The van der Waals surface area contributed by atoms with Gasteiger partial charge in [-0.25, -0.2) is 13.8 Å². The van der Waals surface area contributed by atoms with E-state index in [1.807, 2.05) is 9.80 Å². The third kappa shape index (κ3) is 6.00. The summed E-state index contributed by atoms with van der Waals surface area (Å²) in [4.78, 5) is 24.5. The Morgan fingerprint density at radius 1 is 0.974 bits per heavy atom. The molecule has 0 unspecified atom stereocenters. The van der Waals surface area contributed by atoms with Crippen molar-refractivity contribution in [3.63, 3.8) is 0 Å². The Labute approximate surface area is 234 Å². The van der Waals surface area contributed by atoms with Crippen molar-refractivity contribution < 1.29 is 23.0 Å². The van der Waals surface area contributed by atoms with Crippen LogP contribution in [0.25, 0.3) is 17.0 Å². The van der Waals surface area contributed by atoms with Gasteiger partial charge < -0.3 is 28.9 Å². The van der Waals surface area contributed by atoms with E-state index >= 15 is 0 Å². The number of hydrogen-bond donors (Lipinski definition) is 0. The van der Waals surface area contributed by atoms with Crippen molar-refractivity contribution in [3.05, 3.63) is 24.0 Å². The van der Waals surface area contributed by atoms with Crippen molar-refractivity contribution in [2.75, 3.05) is 88.9 Å². The number of imidazole rings is 1. The molecule has 0 spiro atoms. The first-order chi connectivity index (χ1) is 19.0. The van der Waals surface area contributed by atoms with E-state index in [9.17, 15) is 8.78 Å². The lowest BCUT2D eigenvalue weighted by molar-refractivity contribution is 0.122. The molecule has 4 heterocycles. The third-order valence-electron chi connectivity index (χ3n) is 6.52. The number of anilines is 2. The number of thioether (sulfide) groups is 1. The summed E-state index contributed by atoms with van der Waals surface area (Å²) in [5, 5.41) is 0. The highest BCUT2D eigenvalue weighted by Gasteiger charge is 2.28. The summed E-state index contributed by atoms with van der Waals surface area (Å²) in [7, 11) is 3.15. The number of rotatable bonds is 8. The summed E-state index contributed by atoms with van der Waals surface area (Å²) in [6.07, 6.45) is -2.85. The fourth-order valence-corrected chi connectivity index (χ4v) is 5.72. The Kier molecular flexibility index (Phi) is 8.89. The lowest BCUT2D eigenvalue weighted by atomic mass is 10.3. The van der Waals surface area contributed by atoms with Crippen LogP contribution in [0.4, 0.5) is 20.7 Å². The van der Waals surface area contributed by atoms with Gasteiger partial charge in [-0.15, -0.1) is 0 Å². The number of morpholine rings is 1. The van der Waals surface area contributed by atoms with E-state index in [0.29, 0.717) is 87.8 Å². The minimum Gasteiger partial charge on any atom is -0.494 e. The van der Waals surface area contributed by atoms with Crippen molar-refractivity contribution in [1.29, 1.82) is 0 Å². The minimum absolute atomic E-state index is 0.0839. The van der Waals surface area contributed by atoms with E-state index in [0.717, 1.165) is 10.1 Å². The smallest absolute Gasteiger partial charge is 0.296 e. The van der Waals surface area contributed by atoms with Crippen molar-refractivity contribution in [1.82, 2.24) is 29.4 Å². The average Bonchev–Trinajstić information content (AvgIpc) is 3.38. The van der Waals surface area contributed by atoms with Gasteiger partial charge in [-0.05, 0) is 12.1 Å². The Balaban J connectivity index is 1.50. The van der Waals surface area contributed by atoms with E-state index in [1.54, 1.807) is 37.1 Å². The second-order valence-corrected chi connectivity index (χ2v) is 10.6. The van der Waals surface area contributed by atoms with Gasteiger partial charge in [-0.1, -0.05) is 30.0 Å². The van der Waals surface area contributed by atoms with Crippen LogP contribution in [0.15, 0.2) is 18.2 Å². The first kappa shape index (κ1) is 27.7. The lowest BCUT2D eigenvalue weighted by Gasteiger charge is -2.36. The number of hydrogen-bond acceptors (Lipinski definition) is 11. The lowest BCUT2D eigenvalue weighted by Crippen LogP contribution is -2.48. The van der Waals surface area contributed by atoms with Gasteiger partial charge in [0, 0.05) is 52.1 Å². The zero-order chi connectivity index (χ0) is 27.4. The monoisotopic (exact) mass is 580 g/mol. The van der Waals surface area contributed by atoms with E-state index in [4.69, 9.17) is 36.4 Å². The van der Waals surface area contributed by atoms with Gasteiger partial charge >= 0.3 is 0 Å². The quantitative estimate of drug-likeness (QED) is 0.290. The molecule has 2 aliphatic rings. The highest BCUT2D eigenvalue weighted by molar-refractivity contribution is 8.22. The topological polar surface area (TPSA) is 93.9 Å². The third-order valence-corrected chi connectivity index (χ3v) is 8.00. The number of fused-ring (bicyclic) bond motifs is 1. The number of aromatic nitrogens is 5. The van der Waals surface area contributed by atoms with Crippen molar-refractivity contribution in [2.24, 2.45) is 0 Å². The molecule has 2 aliphatic heterocycles. The predicted octanol–water partition coefficient (Wildman–Crippen LogP) is 2.78. The predicted molar refractivity (Wildman–Crippen MR) is 150 cm³/mol. The summed E-state index contributed by atoms with van der Waals surface area (Å²) in [5.41, 5.74) is 0.747. The zero-order valence-electron chi connectivity index (χ0n) is 21.8. The van der Waals surface area contributed by atoms with Crippen molar-refractivity contribution in [2.45, 2.75) is 6.43 Å². The van der Waals surface area contributed by atoms with Gasteiger partial charge in [-0.2, -0.15) is 15.0 Å². The molecule has 0 N–H and O–H groups in total. The Morgan fingerprint density at radius 3 is 2.28 bits per heavy atom. The van der Waals surface area contributed by atoms with Gasteiger partial charge in [-0.3, -0.25) is 4.57 Å². The molecule has 39 heavy (non-hydrogen) atoms. The number of piperazine rings is 1. The normalized spacial score (nSPS) is 16.4. The molecule has 15 heteroatoms. The van der Waals surface area contributed by atoms with E-state index < -0.39 is 12.2 Å². The van der Waals surface area contributed by atoms with Gasteiger partial charge in [0.05, 0.1) is 32.4 Å². The van der Waals surface area contributed by atoms with Crippen molar-refractivity contribution in [3.8, 4) is 11.7 Å². The van der Waals surface area contributed by atoms with Crippen LogP contribution in [0, 0.1) is 0 Å². The first-order valence-corrected chi connectivity index (χ1v) is 14.0. The molecule has 0 amide bonds. The molecule has 1 aromatic carbocycles. The summed E-state index contributed by atoms with van der Waals surface area (Å²) < 4.78 is 46.7. The molecule has 0 radical (unpaired) electrons. The number of alkyl halides is 2. The standard InChI is InChI=1S/C24H30F2N8O3S2/c1-35-14-15-39-24(38)33-8-6-31(7-9-33)21-28-22(32-10-12-37-13-11-32)30-23(29-21)34-16-4-3-5-17(36-2)18(16)27-20(34)19(25)26/h3-5,19H,6-15H2,1-2H3. The fourth-order valence-electron chi connectivity index (χ4n) is 4.49. The van der Waals surface area contributed by atoms with Crippen LogP contribution in [0.2, 0.25) is 0 Å². The van der Waals surface area contributed by atoms with Crippen molar-refractivity contribution >= 4 is 51.2 Å². The van der Waals surface area contributed by atoms with E-state index in [2.05, 4.69) is 14.9 Å². The number of halogens is 2. The van der Waals surface area contributed by atoms with Crippen LogP contribution >= 0.6 is 24.0 Å². The highest BCUT2D eigenvalue weighted by atomic mass is 32.2. The Bertz CT molecular complexity index is 1300. The first-order valence-electron chi connectivity index (χ1n) is 12.6. The number of benzene rings is 1. The van der Waals surface area contributed by atoms with Crippen LogP contribution in [0.1, 0.15) is 12.2 Å². The summed E-state index contributed by atoms with van der Waals surface area (Å²) >= 11 is 7.19. The molecule has 11 nitrogen and oxygen atoms in total. The van der Waals surface area contributed by atoms with Gasteiger partial charge in [0.2, 0.25) is 17.8 Å². The van der Waals surface area contributed by atoms with E-state index in [1.165, 1.54) is 11.7 Å². The van der Waals surface area contributed by atoms with Gasteiger partial charge in [0.25, 0.3) is 6.43 Å². The second-order valence-electron chi connectivity index (χ2n) is 8.85. The number of ether oxygens (including phenoxy) is 3. The maximum absolute atomic E-state index is 14.3. The fraction of sp³-hybridized carbons (Fsp3) is 0.542. The molecule has 2 saturated heterocycles. The minimum atomic E-state index is -2.85. The molecule has 0 bridgehead atoms. The molecule has 0 atom stereocenters. The molecule has 3 aromatic rings. The molecule has 0 saturated carbocycles. The highest BCUT2D eigenvalue weighted by Crippen LogP contribution is 2.32. The molecular weight excluding hydrogens is 550 g/mol. The largest absolute Gasteiger partial charge is 0.494 e. The number of para-hydroxylation sites is 1. The number of thiocarbonyl (C=S) groups is 1. The number of nitrogens with zero attached hydrogens (tertiary/aromatic N) is 8. The maximum Gasteiger partial charge on any atom is 0.296 e. The Morgan fingerprint density at radius 2 is 1.64 bits per heavy atom. The average molecular weight is 581 g/mol. The van der Waals surface area contributed by atoms with Crippen LogP contribution in [0.3, 0.4) is 0 Å². The van der Waals surface area contributed by atoms with Gasteiger partial charge in [0.1, 0.15) is 15.6 Å². The maximum atomic E-state index is 14.3.